The van der Waals surface area contributed by atoms with Crippen LogP contribution in [0.1, 0.15) is 79.3 Å². The maximum Gasteiger partial charge on any atom is 0.369 e. The zero-order valence-electron chi connectivity index (χ0n) is 28.6. The third-order valence-corrected chi connectivity index (χ3v) is 12.5. The molecule has 2 aromatic carbocycles. The summed E-state index contributed by atoms with van der Waals surface area (Å²) in [6.45, 7) is 0.0478. The second-order valence-electron chi connectivity index (χ2n) is 12.6. The third kappa shape index (κ3) is 12.4. The summed E-state index contributed by atoms with van der Waals surface area (Å²) in [6, 6.07) is 11.7. The second-order valence-corrected chi connectivity index (χ2v) is 16.6. The van der Waals surface area contributed by atoms with E-state index in [-0.39, 0.29) is 30.9 Å². The van der Waals surface area contributed by atoms with Crippen molar-refractivity contribution in [2.45, 2.75) is 87.4 Å². The van der Waals surface area contributed by atoms with Gasteiger partial charge in [0.15, 0.2) is 6.10 Å². The van der Waals surface area contributed by atoms with Gasteiger partial charge in [0.2, 0.25) is 5.91 Å². The number of hydrogen-bond donors (Lipinski definition) is 7. The molecule has 1 unspecified atom stereocenters. The zero-order valence-corrected chi connectivity index (χ0v) is 30.4. The first kappa shape index (κ1) is 43.6. The Morgan fingerprint density at radius 3 is 2.17 bits per heavy atom. The molecule has 1 aliphatic heterocycles. The number of rotatable bonds is 21. The first-order valence-corrected chi connectivity index (χ1v) is 20.0. The average molecular weight is 789 g/mol. The molecule has 0 aliphatic carbocycles. The number of carbonyl (C=O) groups excluding carboxylic acids is 3. The van der Waals surface area contributed by atoms with Crippen LogP contribution in [-0.2, 0) is 40.6 Å². The second kappa shape index (κ2) is 19.0. The number of benzene rings is 2. The van der Waals surface area contributed by atoms with Crippen LogP contribution in [0.25, 0.3) is 0 Å². The minimum absolute atomic E-state index is 0.0559. The molecule has 0 bridgehead atoms. The van der Waals surface area contributed by atoms with Crippen molar-refractivity contribution in [3.63, 3.8) is 0 Å². The fourth-order valence-electron chi connectivity index (χ4n) is 5.66. The lowest BCUT2D eigenvalue weighted by atomic mass is 10.0. The number of likely N-dealkylation sites (tertiary alicyclic amines) is 1. The Morgan fingerprint density at radius 2 is 1.57 bits per heavy atom. The molecule has 15 nitrogen and oxygen atoms in total. The molecule has 2 amide bonds. The number of halogens is 2. The van der Waals surface area contributed by atoms with E-state index in [9.17, 15) is 53.0 Å². The number of carboxylic acids is 1. The Labute approximate surface area is 304 Å². The van der Waals surface area contributed by atoms with Crippen molar-refractivity contribution in [2.75, 3.05) is 13.1 Å². The van der Waals surface area contributed by atoms with Gasteiger partial charge in [0.1, 0.15) is 0 Å². The largest absolute Gasteiger partial charge is 0.481 e. The molecule has 1 fully saturated rings. The minimum Gasteiger partial charge on any atom is -0.481 e. The summed E-state index contributed by atoms with van der Waals surface area (Å²) in [7, 11) is -11.3. The molecule has 2 atom stereocenters. The molecule has 0 radical (unpaired) electrons. The van der Waals surface area contributed by atoms with Gasteiger partial charge in [-0.2, -0.15) is 8.78 Å². The number of carbonyl (C=O) groups is 4. The van der Waals surface area contributed by atoms with Gasteiger partial charge in [0, 0.05) is 43.5 Å². The molecular formula is C34H44F2N2O13P2. The van der Waals surface area contributed by atoms with Crippen molar-refractivity contribution < 1.29 is 71.6 Å². The molecule has 1 heterocycles. The van der Waals surface area contributed by atoms with Crippen molar-refractivity contribution in [3.8, 4) is 0 Å². The van der Waals surface area contributed by atoms with Crippen LogP contribution < -0.4 is 5.32 Å². The monoisotopic (exact) mass is 788 g/mol. The van der Waals surface area contributed by atoms with Crippen LogP contribution in [0.2, 0.25) is 0 Å². The summed E-state index contributed by atoms with van der Waals surface area (Å²) in [5, 5.41) is 17.5. The van der Waals surface area contributed by atoms with Crippen LogP contribution in [-0.4, -0.2) is 88.8 Å². The van der Waals surface area contributed by atoms with Crippen molar-refractivity contribution in [3.05, 3.63) is 83.4 Å². The summed E-state index contributed by atoms with van der Waals surface area (Å²) in [5.74, 6) is -6.37. The van der Waals surface area contributed by atoms with E-state index in [1.54, 1.807) is 11.0 Å². The minimum atomic E-state index is -5.64. The highest BCUT2D eigenvalue weighted by Crippen LogP contribution is 2.69. The number of aliphatic carboxylic acids is 1. The topological polar surface area (TPSA) is 248 Å². The van der Waals surface area contributed by atoms with E-state index >= 15 is 8.78 Å². The van der Waals surface area contributed by atoms with Gasteiger partial charge in [0.25, 0.3) is 11.0 Å². The Balaban J connectivity index is 1.63. The Bertz CT molecular complexity index is 1680. The number of ether oxygens (including phenoxy) is 1. The number of nitrogens with zero attached hydrogens (tertiary/aromatic N) is 1. The third-order valence-electron chi connectivity index (χ3n) is 8.67. The number of unbranched alkanes of at least 4 members (excludes halogenated alkanes) is 3. The number of hydrogen-bond acceptors (Lipinski definition) is 8. The highest BCUT2D eigenvalue weighted by atomic mass is 31.2. The van der Waals surface area contributed by atoms with Crippen LogP contribution in [0.5, 0.6) is 0 Å². The number of esters is 1. The summed E-state index contributed by atoms with van der Waals surface area (Å²) in [6.07, 6.45) is 1.77. The summed E-state index contributed by atoms with van der Waals surface area (Å²) in [5.41, 5.74) is -0.0250. The van der Waals surface area contributed by atoms with Gasteiger partial charge in [-0.15, -0.1) is 0 Å². The van der Waals surface area contributed by atoms with Gasteiger partial charge in [-0.25, -0.2) is 0 Å². The van der Waals surface area contributed by atoms with Crippen molar-refractivity contribution in [1.29, 1.82) is 0 Å². The number of amides is 2. The molecule has 19 heteroatoms. The van der Waals surface area contributed by atoms with Gasteiger partial charge < -0.3 is 44.7 Å². The van der Waals surface area contributed by atoms with Crippen LogP contribution in [0.4, 0.5) is 8.78 Å². The van der Waals surface area contributed by atoms with E-state index in [4.69, 9.17) is 9.84 Å². The average Bonchev–Trinajstić information content (AvgIpc) is 3.44. The highest BCUT2D eigenvalue weighted by molar-refractivity contribution is 7.72. The van der Waals surface area contributed by atoms with E-state index in [2.05, 4.69) is 5.32 Å². The van der Waals surface area contributed by atoms with Gasteiger partial charge in [0.05, 0.1) is 12.5 Å². The van der Waals surface area contributed by atoms with E-state index in [0.29, 0.717) is 44.2 Å². The number of aliphatic hydroxyl groups is 1. The summed E-state index contributed by atoms with van der Waals surface area (Å²) >= 11 is 0. The van der Waals surface area contributed by atoms with Crippen LogP contribution in [0.15, 0.2) is 66.7 Å². The van der Waals surface area contributed by atoms with Crippen LogP contribution in [0.3, 0.4) is 0 Å². The van der Waals surface area contributed by atoms with E-state index in [1.807, 2.05) is 0 Å². The maximum absolute atomic E-state index is 15.8. The molecule has 2 aromatic rings. The molecule has 1 aliphatic rings. The SMILES string of the molecule is O=C(O)CCCCCCN1C(=O)CC[C@@H]1/C=C/C(OC(=O)Cc1ccc(C(=O)NCCCC(O)(P(=O)(O)O)P(=O)(O)O)cc1)C(F)(F)c1ccccc1. The lowest BCUT2D eigenvalue weighted by molar-refractivity contribution is -0.167. The Hall–Kier alpha value is -3.82. The molecule has 0 spiro atoms. The van der Waals surface area contributed by atoms with E-state index in [1.165, 1.54) is 54.6 Å². The van der Waals surface area contributed by atoms with E-state index < -0.39 is 81.0 Å². The van der Waals surface area contributed by atoms with Crippen molar-refractivity contribution in [2.24, 2.45) is 0 Å². The Kier molecular flexibility index (Phi) is 15.6. The smallest absolute Gasteiger partial charge is 0.369 e. The first-order valence-electron chi connectivity index (χ1n) is 16.8. The first-order chi connectivity index (χ1) is 24.8. The number of carboxylic acid groups (broad SMARTS) is 1. The lowest BCUT2D eigenvalue weighted by Crippen LogP contribution is -2.36. The maximum atomic E-state index is 15.8. The van der Waals surface area contributed by atoms with E-state index in [0.717, 1.165) is 6.08 Å². The van der Waals surface area contributed by atoms with Crippen LogP contribution >= 0.6 is 15.2 Å². The molecule has 0 saturated carbocycles. The van der Waals surface area contributed by atoms with Gasteiger partial charge >= 0.3 is 33.1 Å². The van der Waals surface area contributed by atoms with Gasteiger partial charge in [-0.05, 0) is 49.5 Å². The van der Waals surface area contributed by atoms with Crippen molar-refractivity contribution in [1.82, 2.24) is 10.2 Å². The lowest BCUT2D eigenvalue weighted by Gasteiger charge is -2.29. The van der Waals surface area contributed by atoms with Crippen LogP contribution in [0, 0.1) is 0 Å². The molecule has 1 saturated heterocycles. The number of nitrogens with one attached hydrogen (secondary N) is 1. The Morgan fingerprint density at radius 1 is 0.943 bits per heavy atom. The standard InChI is InChI=1S/C34H44F2N2O13P2/c35-34(36,26-9-4-3-5-10-26)28(18-16-27-17-19-29(39)38(27)22-7-2-1-6-11-30(40)41)51-31(42)23-24-12-14-25(15-13-24)32(43)37-21-8-20-33(44,52(45,46)47)53(48,49)50/h3-5,9-10,12-16,18,27-28,44H,1-2,6-8,11,17,19-23H2,(H,37,43)(H,40,41)(H2,45,46,47)(H2,48,49,50)/b18-16+/t27-,28?/m0/s1. The molecule has 3 rings (SSSR count). The van der Waals surface area contributed by atoms with Gasteiger partial charge in [-0.1, -0.05) is 61.4 Å². The summed E-state index contributed by atoms with van der Waals surface area (Å²) in [4.78, 5) is 87.3. The van der Waals surface area contributed by atoms with Gasteiger partial charge in [-0.3, -0.25) is 28.3 Å². The normalized spacial score (nSPS) is 16.2. The predicted molar refractivity (Wildman–Crippen MR) is 186 cm³/mol. The number of alkyl halides is 2. The molecule has 0 aromatic heterocycles. The zero-order chi connectivity index (χ0) is 39.5. The molecule has 7 N–H and O–H groups in total. The molecular weight excluding hydrogens is 744 g/mol. The fraction of sp³-hybridized carbons (Fsp3) is 0.471. The molecule has 292 valence electrons. The fourth-order valence-corrected chi connectivity index (χ4v) is 7.92. The predicted octanol–water partition coefficient (Wildman–Crippen LogP) is 4.03. The van der Waals surface area contributed by atoms with Crippen molar-refractivity contribution >= 4 is 38.9 Å². The molecule has 53 heavy (non-hydrogen) atoms. The highest BCUT2D eigenvalue weighted by Gasteiger charge is 2.58. The quantitative estimate of drug-likeness (QED) is 0.0409. The summed E-state index contributed by atoms with van der Waals surface area (Å²) < 4.78 is 59.9.